The molecule has 0 bridgehead atoms. The van der Waals surface area contributed by atoms with E-state index in [1.807, 2.05) is 4.90 Å². The highest BCUT2D eigenvalue weighted by molar-refractivity contribution is 6.34. The number of nitrogens with one attached hydrogen (secondary N) is 1. The number of halogens is 1. The van der Waals surface area contributed by atoms with Crippen LogP contribution in [0.25, 0.3) is 0 Å². The minimum Gasteiger partial charge on any atom is -0.493 e. The monoisotopic (exact) mass is 366 g/mol. The molecular formula is C18H23ClN2O4. The normalized spacial score (nSPS) is 20.8. The van der Waals surface area contributed by atoms with Gasteiger partial charge in [0.05, 0.1) is 30.8 Å². The van der Waals surface area contributed by atoms with Crippen LogP contribution in [0, 0.1) is 5.92 Å². The molecule has 1 aliphatic heterocycles. The van der Waals surface area contributed by atoms with Gasteiger partial charge in [-0.05, 0) is 12.8 Å². The Kier molecular flexibility index (Phi) is 5.37. The number of rotatable bonds is 5. The summed E-state index contributed by atoms with van der Waals surface area (Å²) < 4.78 is 10.4. The van der Waals surface area contributed by atoms with Crippen LogP contribution in [0.1, 0.15) is 32.1 Å². The zero-order chi connectivity index (χ0) is 18.0. The molecule has 1 saturated carbocycles. The Labute approximate surface area is 152 Å². The predicted molar refractivity (Wildman–Crippen MR) is 95.3 cm³/mol. The van der Waals surface area contributed by atoms with Crippen LogP contribution in [0.2, 0.25) is 5.02 Å². The van der Waals surface area contributed by atoms with Gasteiger partial charge in [-0.15, -0.1) is 0 Å². The third-order valence-electron chi connectivity index (χ3n) is 5.03. The van der Waals surface area contributed by atoms with Crippen molar-refractivity contribution in [3.05, 3.63) is 17.2 Å². The number of likely N-dealkylation sites (tertiary alicyclic amines) is 1. The molecule has 6 nitrogen and oxygen atoms in total. The number of amides is 2. The van der Waals surface area contributed by atoms with Crippen molar-refractivity contribution in [2.24, 2.45) is 5.92 Å². The molecule has 0 spiro atoms. The van der Waals surface area contributed by atoms with Gasteiger partial charge in [0.25, 0.3) is 0 Å². The smallest absolute Gasteiger partial charge is 0.229 e. The van der Waals surface area contributed by atoms with Crippen LogP contribution in [0.3, 0.4) is 0 Å². The topological polar surface area (TPSA) is 67.9 Å². The second-order valence-electron chi connectivity index (χ2n) is 6.56. The molecule has 1 heterocycles. The molecule has 136 valence electrons. The highest BCUT2D eigenvalue weighted by Gasteiger charge is 2.38. The molecule has 0 radical (unpaired) electrons. The van der Waals surface area contributed by atoms with Crippen molar-refractivity contribution >= 4 is 29.1 Å². The molecule has 1 atom stereocenters. The quantitative estimate of drug-likeness (QED) is 0.869. The Morgan fingerprint density at radius 3 is 2.48 bits per heavy atom. The molecule has 0 aromatic heterocycles. The van der Waals surface area contributed by atoms with E-state index in [0.717, 1.165) is 25.7 Å². The van der Waals surface area contributed by atoms with Crippen molar-refractivity contribution in [3.63, 3.8) is 0 Å². The van der Waals surface area contributed by atoms with Gasteiger partial charge >= 0.3 is 0 Å². The maximum Gasteiger partial charge on any atom is 0.229 e. The lowest BCUT2D eigenvalue weighted by atomic mass is 10.1. The third kappa shape index (κ3) is 3.68. The van der Waals surface area contributed by atoms with Gasteiger partial charge in [-0.2, -0.15) is 0 Å². The number of carbonyl (C=O) groups excluding carboxylic acids is 2. The highest BCUT2D eigenvalue weighted by atomic mass is 35.5. The first kappa shape index (κ1) is 17.9. The summed E-state index contributed by atoms with van der Waals surface area (Å²) in [7, 11) is 3.04. The summed E-state index contributed by atoms with van der Waals surface area (Å²) in [4.78, 5) is 26.8. The summed E-state index contributed by atoms with van der Waals surface area (Å²) in [5.41, 5.74) is 0.455. The van der Waals surface area contributed by atoms with Gasteiger partial charge in [-0.3, -0.25) is 9.59 Å². The Morgan fingerprint density at radius 2 is 1.84 bits per heavy atom. The van der Waals surface area contributed by atoms with Gasteiger partial charge in [0.2, 0.25) is 11.8 Å². The summed E-state index contributed by atoms with van der Waals surface area (Å²) in [6.07, 6.45) is 4.66. The number of anilines is 1. The van der Waals surface area contributed by atoms with Crippen molar-refractivity contribution < 1.29 is 19.1 Å². The molecule has 2 aliphatic rings. The average Bonchev–Trinajstić information content (AvgIpc) is 3.25. The Morgan fingerprint density at radius 1 is 1.20 bits per heavy atom. The van der Waals surface area contributed by atoms with Crippen LogP contribution in [0.4, 0.5) is 5.69 Å². The number of hydrogen-bond donors (Lipinski definition) is 1. The Hall–Kier alpha value is -1.95. The zero-order valence-corrected chi connectivity index (χ0v) is 15.3. The van der Waals surface area contributed by atoms with E-state index in [-0.39, 0.29) is 24.2 Å². The van der Waals surface area contributed by atoms with E-state index in [4.69, 9.17) is 21.1 Å². The van der Waals surface area contributed by atoms with Crippen LogP contribution >= 0.6 is 11.6 Å². The number of ether oxygens (including phenoxy) is 2. The van der Waals surface area contributed by atoms with Crippen LogP contribution in [0.5, 0.6) is 11.5 Å². The van der Waals surface area contributed by atoms with E-state index in [9.17, 15) is 9.59 Å². The standard InChI is InChI=1S/C18H23ClN2O4/c1-24-15-8-13(19)14(9-16(15)25-2)20-18(23)11-7-17(22)21(10-11)12-5-3-4-6-12/h8-9,11-12H,3-7,10H2,1-2H3,(H,20,23). The van der Waals surface area contributed by atoms with Gasteiger partial charge in [0, 0.05) is 31.1 Å². The zero-order valence-electron chi connectivity index (χ0n) is 14.5. The summed E-state index contributed by atoms with van der Waals surface area (Å²) >= 11 is 6.22. The summed E-state index contributed by atoms with van der Waals surface area (Å²) in [6.45, 7) is 0.486. The van der Waals surface area contributed by atoms with Crippen molar-refractivity contribution in [2.75, 3.05) is 26.1 Å². The minimum atomic E-state index is -0.350. The first-order chi connectivity index (χ1) is 12.0. The SMILES string of the molecule is COc1cc(Cl)c(NC(=O)C2CC(=O)N(C3CCCC3)C2)cc1OC. The van der Waals surface area contributed by atoms with E-state index in [1.165, 1.54) is 14.2 Å². The molecule has 2 fully saturated rings. The summed E-state index contributed by atoms with van der Waals surface area (Å²) in [5.74, 6) is 0.511. The van der Waals surface area contributed by atoms with E-state index >= 15 is 0 Å². The van der Waals surface area contributed by atoms with Crippen molar-refractivity contribution in [1.29, 1.82) is 0 Å². The van der Waals surface area contributed by atoms with Crippen molar-refractivity contribution in [1.82, 2.24) is 4.90 Å². The molecule has 1 unspecified atom stereocenters. The number of carbonyl (C=O) groups is 2. The van der Waals surface area contributed by atoms with E-state index in [0.29, 0.717) is 34.8 Å². The van der Waals surface area contributed by atoms with Crippen molar-refractivity contribution in [3.8, 4) is 11.5 Å². The lowest BCUT2D eigenvalue weighted by molar-refractivity contribution is -0.129. The fourth-order valence-corrected chi connectivity index (χ4v) is 3.86. The van der Waals surface area contributed by atoms with Crippen molar-refractivity contribution in [2.45, 2.75) is 38.1 Å². The van der Waals surface area contributed by atoms with Crippen LogP contribution < -0.4 is 14.8 Å². The van der Waals surface area contributed by atoms with E-state index in [2.05, 4.69) is 5.32 Å². The molecule has 7 heteroatoms. The molecule has 1 saturated heterocycles. The first-order valence-electron chi connectivity index (χ1n) is 8.55. The maximum atomic E-state index is 12.6. The molecule has 1 aromatic rings. The first-order valence-corrected chi connectivity index (χ1v) is 8.93. The maximum absolute atomic E-state index is 12.6. The van der Waals surface area contributed by atoms with Crippen LogP contribution in [-0.4, -0.2) is 43.5 Å². The van der Waals surface area contributed by atoms with Gasteiger partial charge in [-0.1, -0.05) is 24.4 Å². The van der Waals surface area contributed by atoms with E-state index < -0.39 is 0 Å². The fraction of sp³-hybridized carbons (Fsp3) is 0.556. The van der Waals surface area contributed by atoms with Gasteiger partial charge in [0.1, 0.15) is 0 Å². The number of nitrogens with zero attached hydrogens (tertiary/aromatic N) is 1. The molecule has 25 heavy (non-hydrogen) atoms. The fourth-order valence-electron chi connectivity index (χ4n) is 3.66. The van der Waals surface area contributed by atoms with E-state index in [1.54, 1.807) is 12.1 Å². The van der Waals surface area contributed by atoms with Gasteiger partial charge in [0.15, 0.2) is 11.5 Å². The van der Waals surface area contributed by atoms with Gasteiger partial charge in [-0.25, -0.2) is 0 Å². The Balaban J connectivity index is 1.69. The number of methoxy groups -OCH3 is 2. The molecule has 1 aromatic carbocycles. The summed E-state index contributed by atoms with van der Waals surface area (Å²) in [5, 5.41) is 3.19. The molecule has 3 rings (SSSR count). The Bertz CT molecular complexity index is 673. The highest BCUT2D eigenvalue weighted by Crippen LogP contribution is 2.37. The minimum absolute atomic E-state index is 0.0745. The van der Waals surface area contributed by atoms with Crippen LogP contribution in [-0.2, 0) is 9.59 Å². The summed E-state index contributed by atoms with van der Waals surface area (Å²) in [6, 6.07) is 3.53. The second-order valence-corrected chi connectivity index (χ2v) is 6.97. The number of benzene rings is 1. The molecule has 1 aliphatic carbocycles. The van der Waals surface area contributed by atoms with Gasteiger partial charge < -0.3 is 19.7 Å². The molecule has 2 amide bonds. The predicted octanol–water partition coefficient (Wildman–Crippen LogP) is 3.09. The second kappa shape index (κ2) is 7.52. The molecular weight excluding hydrogens is 344 g/mol. The number of hydrogen-bond acceptors (Lipinski definition) is 4. The van der Waals surface area contributed by atoms with Crippen LogP contribution in [0.15, 0.2) is 12.1 Å². The molecule has 1 N–H and O–H groups in total. The average molecular weight is 367 g/mol. The largest absolute Gasteiger partial charge is 0.493 e. The lowest BCUT2D eigenvalue weighted by Gasteiger charge is -2.24. The third-order valence-corrected chi connectivity index (χ3v) is 5.34. The lowest BCUT2D eigenvalue weighted by Crippen LogP contribution is -2.35.